The summed E-state index contributed by atoms with van der Waals surface area (Å²) in [5.41, 5.74) is 17.0. The molecule has 218 valence electrons. The Morgan fingerprint density at radius 3 is 0.955 bits per heavy atom. The van der Waals surface area contributed by atoms with Crippen molar-refractivity contribution in [1.29, 1.82) is 0 Å². The molecule has 6 aromatic carbocycles. The molecule has 0 aromatic heterocycles. The maximum absolute atomic E-state index is 2.38. The molecule has 6 rings (SSSR count). The molecule has 0 fully saturated rings. The number of hydrogen-bond acceptors (Lipinski definition) is 2. The summed E-state index contributed by atoms with van der Waals surface area (Å²) in [7, 11) is 0. The van der Waals surface area contributed by atoms with E-state index >= 15 is 0 Å². The first-order chi connectivity index (χ1) is 21.3. The SMILES string of the molecule is Cc1ccc(N(c2ccccc2)c2ccc(-c3ccc(N(c4ccccc4)c4ccc(C)cc4C)c(C)c3)cc2C)c(C)c1. The van der Waals surface area contributed by atoms with Crippen LogP contribution in [0.15, 0.2) is 133 Å². The molecule has 0 aliphatic carbocycles. The molecule has 0 bridgehead atoms. The van der Waals surface area contributed by atoms with Crippen molar-refractivity contribution in [3.8, 4) is 11.1 Å². The Morgan fingerprint density at radius 2 is 0.636 bits per heavy atom. The van der Waals surface area contributed by atoms with Crippen molar-refractivity contribution < 1.29 is 0 Å². The van der Waals surface area contributed by atoms with Gasteiger partial charge in [0, 0.05) is 34.1 Å². The van der Waals surface area contributed by atoms with E-state index in [0.29, 0.717) is 0 Å². The van der Waals surface area contributed by atoms with Crippen molar-refractivity contribution in [3.05, 3.63) is 167 Å². The Bertz CT molecular complexity index is 1780. The summed E-state index contributed by atoms with van der Waals surface area (Å²) in [6.07, 6.45) is 0. The van der Waals surface area contributed by atoms with Crippen LogP contribution in [0.25, 0.3) is 11.1 Å². The number of nitrogens with zero attached hydrogens (tertiary/aromatic N) is 2. The molecule has 0 aliphatic rings. The third-order valence-corrected chi connectivity index (χ3v) is 8.42. The highest BCUT2D eigenvalue weighted by atomic mass is 15.2. The second kappa shape index (κ2) is 12.3. The van der Waals surface area contributed by atoms with Crippen molar-refractivity contribution in [2.75, 3.05) is 9.80 Å². The smallest absolute Gasteiger partial charge is 0.0491 e. The molecule has 0 N–H and O–H groups in total. The fourth-order valence-electron chi connectivity index (χ4n) is 6.25. The van der Waals surface area contributed by atoms with Gasteiger partial charge < -0.3 is 9.80 Å². The average Bonchev–Trinajstić information content (AvgIpc) is 3.02. The molecule has 44 heavy (non-hydrogen) atoms. The lowest BCUT2D eigenvalue weighted by atomic mass is 9.98. The summed E-state index contributed by atoms with van der Waals surface area (Å²) in [6.45, 7) is 13.1. The minimum Gasteiger partial charge on any atom is -0.310 e. The lowest BCUT2D eigenvalue weighted by Gasteiger charge is -2.29. The summed E-state index contributed by atoms with van der Waals surface area (Å²) >= 11 is 0. The third kappa shape index (κ3) is 5.76. The van der Waals surface area contributed by atoms with E-state index in [-0.39, 0.29) is 0 Å². The van der Waals surface area contributed by atoms with Gasteiger partial charge in [-0.2, -0.15) is 0 Å². The first-order valence-corrected chi connectivity index (χ1v) is 15.4. The topological polar surface area (TPSA) is 6.48 Å². The normalized spacial score (nSPS) is 11.0. The fourth-order valence-corrected chi connectivity index (χ4v) is 6.25. The van der Waals surface area contributed by atoms with Crippen LogP contribution >= 0.6 is 0 Å². The van der Waals surface area contributed by atoms with Crippen LogP contribution in [0.5, 0.6) is 0 Å². The zero-order chi connectivity index (χ0) is 30.8. The number of anilines is 6. The third-order valence-electron chi connectivity index (χ3n) is 8.42. The Kier molecular flexibility index (Phi) is 8.09. The van der Waals surface area contributed by atoms with Crippen LogP contribution in [-0.2, 0) is 0 Å². The van der Waals surface area contributed by atoms with Gasteiger partial charge in [-0.3, -0.25) is 0 Å². The first kappa shape index (κ1) is 29.0. The predicted molar refractivity (Wildman–Crippen MR) is 190 cm³/mol. The van der Waals surface area contributed by atoms with Crippen LogP contribution in [-0.4, -0.2) is 0 Å². The van der Waals surface area contributed by atoms with E-state index in [1.54, 1.807) is 0 Å². The molecule has 0 heterocycles. The largest absolute Gasteiger partial charge is 0.310 e. The lowest BCUT2D eigenvalue weighted by Crippen LogP contribution is -2.13. The molecule has 0 saturated carbocycles. The van der Waals surface area contributed by atoms with Crippen molar-refractivity contribution >= 4 is 34.1 Å². The van der Waals surface area contributed by atoms with Crippen LogP contribution in [0.3, 0.4) is 0 Å². The van der Waals surface area contributed by atoms with E-state index in [0.717, 1.165) is 11.4 Å². The van der Waals surface area contributed by atoms with Crippen molar-refractivity contribution in [1.82, 2.24) is 0 Å². The zero-order valence-electron chi connectivity index (χ0n) is 26.6. The maximum atomic E-state index is 2.38. The molecule has 2 nitrogen and oxygen atoms in total. The summed E-state index contributed by atoms with van der Waals surface area (Å²) in [5, 5.41) is 0. The van der Waals surface area contributed by atoms with Gasteiger partial charge in [-0.25, -0.2) is 0 Å². The summed E-state index contributed by atoms with van der Waals surface area (Å²) < 4.78 is 0. The minimum absolute atomic E-state index is 1.16. The number of benzene rings is 6. The first-order valence-electron chi connectivity index (χ1n) is 15.4. The van der Waals surface area contributed by atoms with Crippen molar-refractivity contribution in [2.24, 2.45) is 0 Å². The van der Waals surface area contributed by atoms with Crippen LogP contribution in [0.2, 0.25) is 0 Å². The molecule has 6 aromatic rings. The van der Waals surface area contributed by atoms with Gasteiger partial charge in [0.15, 0.2) is 0 Å². The Balaban J connectivity index is 1.40. The van der Waals surface area contributed by atoms with E-state index in [4.69, 9.17) is 0 Å². The number of aryl methyl sites for hydroxylation is 6. The maximum Gasteiger partial charge on any atom is 0.0491 e. The highest BCUT2D eigenvalue weighted by Crippen LogP contribution is 2.42. The van der Waals surface area contributed by atoms with Crippen LogP contribution in [0, 0.1) is 41.5 Å². The van der Waals surface area contributed by atoms with Crippen molar-refractivity contribution in [2.45, 2.75) is 41.5 Å². The van der Waals surface area contributed by atoms with Gasteiger partial charge >= 0.3 is 0 Å². The Hall–Kier alpha value is -5.08. The van der Waals surface area contributed by atoms with Gasteiger partial charge in [0.2, 0.25) is 0 Å². The van der Waals surface area contributed by atoms with Crippen molar-refractivity contribution in [3.63, 3.8) is 0 Å². The van der Waals surface area contributed by atoms with Gasteiger partial charge in [-0.1, -0.05) is 83.9 Å². The van der Waals surface area contributed by atoms with Gasteiger partial charge in [-0.15, -0.1) is 0 Å². The Labute approximate surface area is 262 Å². The fraction of sp³-hybridized carbons (Fsp3) is 0.143. The van der Waals surface area contributed by atoms with Gasteiger partial charge in [0.05, 0.1) is 0 Å². The van der Waals surface area contributed by atoms with Crippen LogP contribution in [0.4, 0.5) is 34.1 Å². The Morgan fingerprint density at radius 1 is 0.318 bits per heavy atom. The highest BCUT2D eigenvalue weighted by Gasteiger charge is 2.19. The average molecular weight is 573 g/mol. The molecule has 2 heteroatoms. The van der Waals surface area contributed by atoms with Crippen LogP contribution < -0.4 is 9.80 Å². The van der Waals surface area contributed by atoms with Crippen LogP contribution in [0.1, 0.15) is 33.4 Å². The quantitative estimate of drug-likeness (QED) is 0.188. The second-order valence-corrected chi connectivity index (χ2v) is 11.9. The summed E-state index contributed by atoms with van der Waals surface area (Å²) in [5.74, 6) is 0. The number of hydrogen-bond donors (Lipinski definition) is 0. The molecule has 0 saturated heterocycles. The monoisotopic (exact) mass is 572 g/mol. The summed E-state index contributed by atoms with van der Waals surface area (Å²) in [6, 6.07) is 48.4. The highest BCUT2D eigenvalue weighted by molar-refractivity contribution is 5.84. The van der Waals surface area contributed by atoms with E-state index in [1.165, 1.54) is 67.3 Å². The number of para-hydroxylation sites is 2. The van der Waals surface area contributed by atoms with E-state index in [1.807, 2.05) is 0 Å². The molecule has 0 atom stereocenters. The molecule has 0 radical (unpaired) electrons. The molecule has 0 unspecified atom stereocenters. The molecular formula is C42H40N2. The van der Waals surface area contributed by atoms with Gasteiger partial charge in [0.1, 0.15) is 0 Å². The standard InChI is InChI=1S/C42H40N2/c1-29-17-21-39(31(3)25-29)43(37-13-9-7-10-14-37)41-23-19-35(27-33(41)5)36-20-24-42(34(6)28-36)44(38-15-11-8-12-16-38)40-22-18-30(2)26-32(40)4/h7-28H,1-6H3. The number of rotatable bonds is 7. The van der Waals surface area contributed by atoms with Gasteiger partial charge in [-0.05, 0) is 136 Å². The molecule has 0 aliphatic heterocycles. The van der Waals surface area contributed by atoms with E-state index in [2.05, 4.69) is 185 Å². The molecule has 0 amide bonds. The minimum atomic E-state index is 1.16. The predicted octanol–water partition coefficient (Wildman–Crippen LogP) is 12.1. The van der Waals surface area contributed by atoms with E-state index < -0.39 is 0 Å². The van der Waals surface area contributed by atoms with Gasteiger partial charge in [0.25, 0.3) is 0 Å². The lowest BCUT2D eigenvalue weighted by molar-refractivity contribution is 1.21. The second-order valence-electron chi connectivity index (χ2n) is 11.9. The zero-order valence-corrected chi connectivity index (χ0v) is 26.6. The molecular weight excluding hydrogens is 532 g/mol. The molecule has 0 spiro atoms. The summed E-state index contributed by atoms with van der Waals surface area (Å²) in [4.78, 5) is 4.76. The van der Waals surface area contributed by atoms with E-state index in [9.17, 15) is 0 Å².